The second-order valence-corrected chi connectivity index (χ2v) is 6.12. The van der Waals surface area contributed by atoms with E-state index >= 15 is 0 Å². The van der Waals surface area contributed by atoms with Gasteiger partial charge in [0, 0.05) is 12.6 Å². The van der Waals surface area contributed by atoms with E-state index in [9.17, 15) is 14.4 Å². The molecule has 0 atom stereocenters. The predicted molar refractivity (Wildman–Crippen MR) is 94.9 cm³/mol. The number of hydrogen-bond donors (Lipinski definition) is 1. The van der Waals surface area contributed by atoms with E-state index in [4.69, 9.17) is 32.4 Å². The van der Waals surface area contributed by atoms with Crippen molar-refractivity contribution in [1.29, 1.82) is 0 Å². The zero-order valence-electron chi connectivity index (χ0n) is 13.8. The van der Waals surface area contributed by atoms with Crippen molar-refractivity contribution in [3.63, 3.8) is 0 Å². The Morgan fingerprint density at radius 2 is 1.96 bits per heavy atom. The van der Waals surface area contributed by atoms with Gasteiger partial charge in [-0.2, -0.15) is 0 Å². The number of ether oxygens (including phenoxy) is 1. The highest BCUT2D eigenvalue weighted by molar-refractivity contribution is 6.42. The van der Waals surface area contributed by atoms with Gasteiger partial charge in [0.25, 0.3) is 11.8 Å². The minimum Gasteiger partial charge on any atom is -0.467 e. The SMILES string of the molecule is CN(Cc1ccco1)C(=O)COC(=O)CNC(=O)c1ccc(Cl)c(Cl)c1. The van der Waals surface area contributed by atoms with Crippen molar-refractivity contribution < 1.29 is 23.5 Å². The van der Waals surface area contributed by atoms with Crippen molar-refractivity contribution in [3.05, 3.63) is 58.0 Å². The molecule has 9 heteroatoms. The predicted octanol–water partition coefficient (Wildman–Crippen LogP) is 2.52. The number of benzene rings is 1. The third-order valence-electron chi connectivity index (χ3n) is 3.33. The van der Waals surface area contributed by atoms with E-state index in [0.717, 1.165) is 0 Å². The van der Waals surface area contributed by atoms with Gasteiger partial charge in [-0.25, -0.2) is 0 Å². The van der Waals surface area contributed by atoms with Gasteiger partial charge in [-0.3, -0.25) is 14.4 Å². The van der Waals surface area contributed by atoms with E-state index in [-0.39, 0.29) is 23.7 Å². The van der Waals surface area contributed by atoms with Crippen LogP contribution in [0.4, 0.5) is 0 Å². The highest BCUT2D eigenvalue weighted by Gasteiger charge is 2.15. The van der Waals surface area contributed by atoms with Crippen LogP contribution in [0.5, 0.6) is 0 Å². The lowest BCUT2D eigenvalue weighted by molar-refractivity contribution is -0.150. The molecule has 1 N–H and O–H groups in total. The van der Waals surface area contributed by atoms with E-state index in [2.05, 4.69) is 5.32 Å². The van der Waals surface area contributed by atoms with Crippen LogP contribution in [-0.4, -0.2) is 42.9 Å². The van der Waals surface area contributed by atoms with E-state index in [0.29, 0.717) is 10.8 Å². The Labute approximate surface area is 159 Å². The monoisotopic (exact) mass is 398 g/mol. The Bertz CT molecular complexity index is 792. The van der Waals surface area contributed by atoms with Gasteiger partial charge < -0.3 is 19.4 Å². The Morgan fingerprint density at radius 1 is 1.19 bits per heavy atom. The summed E-state index contributed by atoms with van der Waals surface area (Å²) in [4.78, 5) is 36.9. The fourth-order valence-corrected chi connectivity index (χ4v) is 2.22. The first kappa shape index (κ1) is 19.8. The quantitative estimate of drug-likeness (QED) is 0.723. The molecular weight excluding hydrogens is 383 g/mol. The molecule has 7 nitrogen and oxygen atoms in total. The standard InChI is InChI=1S/C17H16Cl2N2O5/c1-21(9-12-3-2-6-25-12)15(22)10-26-16(23)8-20-17(24)11-4-5-13(18)14(19)7-11/h2-7H,8-10H2,1H3,(H,20,24). The number of hydrogen-bond acceptors (Lipinski definition) is 5. The molecule has 1 aromatic carbocycles. The topological polar surface area (TPSA) is 88.8 Å². The number of likely N-dealkylation sites (N-methyl/N-ethyl adjacent to an activating group) is 1. The van der Waals surface area contributed by atoms with E-state index in [1.54, 1.807) is 19.2 Å². The fourth-order valence-electron chi connectivity index (χ4n) is 1.92. The van der Waals surface area contributed by atoms with Gasteiger partial charge in [-0.15, -0.1) is 0 Å². The number of carbonyl (C=O) groups is 3. The number of nitrogens with one attached hydrogen (secondary N) is 1. The number of esters is 1. The Balaban J connectivity index is 1.73. The third-order valence-corrected chi connectivity index (χ3v) is 4.07. The van der Waals surface area contributed by atoms with Crippen LogP contribution < -0.4 is 5.32 Å². The van der Waals surface area contributed by atoms with Crippen molar-refractivity contribution in [2.75, 3.05) is 20.2 Å². The molecule has 0 radical (unpaired) electrons. The molecule has 2 amide bonds. The summed E-state index contributed by atoms with van der Waals surface area (Å²) in [6.45, 7) is -0.551. The van der Waals surface area contributed by atoms with Gasteiger partial charge in [0.1, 0.15) is 12.3 Å². The molecule has 2 rings (SSSR count). The molecule has 0 aliphatic carbocycles. The van der Waals surface area contributed by atoms with Crippen molar-refractivity contribution in [2.24, 2.45) is 0 Å². The second-order valence-electron chi connectivity index (χ2n) is 5.30. The summed E-state index contributed by atoms with van der Waals surface area (Å²) in [7, 11) is 1.56. The number of rotatable bonds is 7. The number of furan rings is 1. The van der Waals surface area contributed by atoms with Crippen LogP contribution in [0, 0.1) is 0 Å². The van der Waals surface area contributed by atoms with Crippen LogP contribution in [-0.2, 0) is 20.9 Å². The van der Waals surface area contributed by atoms with E-state index in [1.165, 1.54) is 29.4 Å². The van der Waals surface area contributed by atoms with Crippen molar-refractivity contribution >= 4 is 41.0 Å². The van der Waals surface area contributed by atoms with Crippen LogP contribution in [0.1, 0.15) is 16.1 Å². The van der Waals surface area contributed by atoms with Crippen molar-refractivity contribution in [1.82, 2.24) is 10.2 Å². The summed E-state index contributed by atoms with van der Waals surface area (Å²) in [6, 6.07) is 7.78. The number of carbonyl (C=O) groups excluding carboxylic acids is 3. The summed E-state index contributed by atoms with van der Waals surface area (Å²) in [5.74, 6) is -1.04. The zero-order chi connectivity index (χ0) is 19.1. The fraction of sp³-hybridized carbons (Fsp3) is 0.235. The molecule has 0 aliphatic rings. The average molecular weight is 399 g/mol. The Morgan fingerprint density at radius 3 is 2.62 bits per heavy atom. The van der Waals surface area contributed by atoms with Gasteiger partial charge >= 0.3 is 5.97 Å². The van der Waals surface area contributed by atoms with Crippen LogP contribution in [0.2, 0.25) is 10.0 Å². The molecule has 0 spiro atoms. The number of nitrogens with zero attached hydrogens (tertiary/aromatic N) is 1. The summed E-state index contributed by atoms with van der Waals surface area (Å²) in [6.07, 6.45) is 1.50. The van der Waals surface area contributed by atoms with Crippen LogP contribution in [0.25, 0.3) is 0 Å². The van der Waals surface area contributed by atoms with E-state index in [1.807, 2.05) is 0 Å². The molecule has 26 heavy (non-hydrogen) atoms. The largest absolute Gasteiger partial charge is 0.467 e. The highest BCUT2D eigenvalue weighted by atomic mass is 35.5. The lowest BCUT2D eigenvalue weighted by Gasteiger charge is -2.15. The molecule has 138 valence electrons. The maximum Gasteiger partial charge on any atom is 0.325 e. The van der Waals surface area contributed by atoms with Crippen molar-refractivity contribution in [3.8, 4) is 0 Å². The van der Waals surface area contributed by atoms with Crippen LogP contribution >= 0.6 is 23.2 Å². The first-order chi connectivity index (χ1) is 12.4. The summed E-state index contributed by atoms with van der Waals surface area (Å²) in [5.41, 5.74) is 0.251. The molecule has 0 saturated heterocycles. The van der Waals surface area contributed by atoms with Gasteiger partial charge in [-0.05, 0) is 30.3 Å². The minimum absolute atomic E-state index is 0.229. The first-order valence-electron chi connectivity index (χ1n) is 7.52. The first-order valence-corrected chi connectivity index (χ1v) is 8.27. The minimum atomic E-state index is -0.738. The highest BCUT2D eigenvalue weighted by Crippen LogP contribution is 2.22. The maximum atomic E-state index is 11.9. The molecule has 0 aliphatic heterocycles. The molecule has 1 heterocycles. The molecule has 0 fully saturated rings. The molecule has 2 aromatic rings. The number of amides is 2. The Kier molecular flexibility index (Phi) is 7.06. The lowest BCUT2D eigenvalue weighted by Crippen LogP contribution is -2.34. The van der Waals surface area contributed by atoms with E-state index < -0.39 is 24.4 Å². The zero-order valence-corrected chi connectivity index (χ0v) is 15.3. The maximum absolute atomic E-state index is 11.9. The molecule has 1 aromatic heterocycles. The molecule has 0 unspecified atom stereocenters. The smallest absolute Gasteiger partial charge is 0.325 e. The van der Waals surface area contributed by atoms with Crippen molar-refractivity contribution in [2.45, 2.75) is 6.54 Å². The summed E-state index contributed by atoms with van der Waals surface area (Å²) in [5, 5.41) is 2.93. The Hall–Kier alpha value is -2.51. The molecule has 0 bridgehead atoms. The van der Waals surface area contributed by atoms with Crippen LogP contribution in [0.15, 0.2) is 41.0 Å². The third kappa shape index (κ3) is 5.79. The van der Waals surface area contributed by atoms with Gasteiger partial charge in [-0.1, -0.05) is 23.2 Å². The molecule has 0 saturated carbocycles. The van der Waals surface area contributed by atoms with Gasteiger partial charge in [0.2, 0.25) is 0 Å². The lowest BCUT2D eigenvalue weighted by atomic mass is 10.2. The average Bonchev–Trinajstić information content (AvgIpc) is 3.12. The van der Waals surface area contributed by atoms with Gasteiger partial charge in [0.15, 0.2) is 6.61 Å². The summed E-state index contributed by atoms with van der Waals surface area (Å²) >= 11 is 11.6. The normalized spacial score (nSPS) is 10.3. The van der Waals surface area contributed by atoms with Crippen LogP contribution in [0.3, 0.4) is 0 Å². The second kappa shape index (κ2) is 9.26. The number of halogens is 2. The van der Waals surface area contributed by atoms with Gasteiger partial charge in [0.05, 0.1) is 22.9 Å². The summed E-state index contributed by atoms with van der Waals surface area (Å²) < 4.78 is 9.99. The molecular formula is C17H16Cl2N2O5.